The Morgan fingerprint density at radius 2 is 1.57 bits per heavy atom. The molecule has 0 radical (unpaired) electrons. The second-order valence-corrected chi connectivity index (χ2v) is 7.55. The quantitative estimate of drug-likeness (QED) is 0.770. The predicted molar refractivity (Wildman–Crippen MR) is 105 cm³/mol. The molecule has 0 saturated carbocycles. The van der Waals surface area contributed by atoms with E-state index in [1.807, 2.05) is 24.3 Å². The molecule has 5 rings (SSSR count). The Balaban J connectivity index is 1.39. The molecule has 0 amide bonds. The zero-order valence-electron chi connectivity index (χ0n) is 16.9. The average molecular weight is 416 g/mol. The molecule has 0 spiro atoms. The van der Waals surface area contributed by atoms with Crippen molar-refractivity contribution >= 4 is 0 Å². The first kappa shape index (κ1) is 19.1. The van der Waals surface area contributed by atoms with Gasteiger partial charge in [-0.25, -0.2) is 0 Å². The van der Waals surface area contributed by atoms with Gasteiger partial charge in [0, 0.05) is 12.5 Å². The average Bonchev–Trinajstić information content (AvgIpc) is 3.51. The minimum atomic E-state index is -0.265. The molecule has 1 fully saturated rings. The minimum absolute atomic E-state index is 0.00772. The first-order chi connectivity index (χ1) is 14.7. The molecule has 2 aromatic carbocycles. The molecule has 160 valence electrons. The predicted octanol–water partition coefficient (Wildman–Crippen LogP) is 2.70. The number of aliphatic hydroxyl groups is 1. The maximum atomic E-state index is 10.2. The normalized spacial score (nSPS) is 23.6. The van der Waals surface area contributed by atoms with Gasteiger partial charge in [0.05, 0.1) is 26.9 Å². The summed E-state index contributed by atoms with van der Waals surface area (Å²) in [5.41, 5.74) is 1.95. The van der Waals surface area contributed by atoms with Gasteiger partial charge in [-0.15, -0.1) is 0 Å². The molecule has 8 nitrogen and oxygen atoms in total. The van der Waals surface area contributed by atoms with Gasteiger partial charge in [0.1, 0.15) is 0 Å². The number of hydrogen-bond acceptors (Lipinski definition) is 8. The van der Waals surface area contributed by atoms with Crippen molar-refractivity contribution in [3.63, 3.8) is 0 Å². The molecular formula is C22H24O8. The molecule has 3 atom stereocenters. The molecule has 3 heterocycles. The molecule has 0 aliphatic carbocycles. The molecule has 1 saturated heterocycles. The summed E-state index contributed by atoms with van der Waals surface area (Å²) in [6.07, 6.45) is 0.454. The van der Waals surface area contributed by atoms with Crippen molar-refractivity contribution in [1.82, 2.24) is 0 Å². The highest BCUT2D eigenvalue weighted by atomic mass is 16.7. The first-order valence-corrected chi connectivity index (χ1v) is 9.88. The highest BCUT2D eigenvalue weighted by Crippen LogP contribution is 2.48. The zero-order valence-corrected chi connectivity index (χ0v) is 16.9. The highest BCUT2D eigenvalue weighted by molar-refractivity contribution is 5.56. The Bertz CT molecular complexity index is 943. The Hall–Kier alpha value is -2.84. The van der Waals surface area contributed by atoms with Crippen LogP contribution < -0.4 is 28.4 Å². The van der Waals surface area contributed by atoms with Gasteiger partial charge in [0.15, 0.2) is 23.0 Å². The summed E-state index contributed by atoms with van der Waals surface area (Å²) < 4.78 is 39.1. The maximum Gasteiger partial charge on any atom is 0.231 e. The Morgan fingerprint density at radius 3 is 2.23 bits per heavy atom. The number of aliphatic hydroxyl groups excluding tert-OH is 1. The summed E-state index contributed by atoms with van der Waals surface area (Å²) in [5.74, 6) is 3.85. The van der Waals surface area contributed by atoms with Crippen LogP contribution >= 0.6 is 0 Å². The lowest BCUT2D eigenvalue weighted by molar-refractivity contribution is 0.0716. The van der Waals surface area contributed by atoms with E-state index in [9.17, 15) is 5.11 Å². The van der Waals surface area contributed by atoms with Crippen molar-refractivity contribution in [3.05, 3.63) is 35.4 Å². The molecule has 2 aromatic rings. The maximum absolute atomic E-state index is 10.2. The van der Waals surface area contributed by atoms with E-state index in [-0.39, 0.29) is 38.1 Å². The number of methoxy groups -OCH3 is 2. The van der Waals surface area contributed by atoms with E-state index in [1.54, 1.807) is 14.2 Å². The molecular weight excluding hydrogens is 392 g/mol. The Morgan fingerprint density at radius 1 is 0.900 bits per heavy atom. The number of benzene rings is 2. The first-order valence-electron chi connectivity index (χ1n) is 9.88. The van der Waals surface area contributed by atoms with Gasteiger partial charge in [-0.05, 0) is 47.7 Å². The van der Waals surface area contributed by atoms with E-state index < -0.39 is 0 Å². The summed E-state index contributed by atoms with van der Waals surface area (Å²) in [7, 11) is 3.20. The van der Waals surface area contributed by atoms with Crippen LogP contribution in [0.3, 0.4) is 0 Å². The smallest absolute Gasteiger partial charge is 0.231 e. The van der Waals surface area contributed by atoms with Crippen LogP contribution in [0.2, 0.25) is 0 Å². The van der Waals surface area contributed by atoms with Gasteiger partial charge >= 0.3 is 0 Å². The van der Waals surface area contributed by atoms with E-state index in [2.05, 4.69) is 0 Å². The fraction of sp³-hybridized carbons (Fsp3) is 0.455. The van der Waals surface area contributed by atoms with E-state index in [0.717, 1.165) is 17.5 Å². The lowest BCUT2D eigenvalue weighted by atomic mass is 9.84. The fourth-order valence-corrected chi connectivity index (χ4v) is 4.44. The van der Waals surface area contributed by atoms with E-state index in [1.165, 1.54) is 0 Å². The lowest BCUT2D eigenvalue weighted by Gasteiger charge is -2.22. The van der Waals surface area contributed by atoms with Crippen LogP contribution in [0.4, 0.5) is 0 Å². The van der Waals surface area contributed by atoms with E-state index in [0.29, 0.717) is 41.1 Å². The van der Waals surface area contributed by atoms with Crippen LogP contribution in [0.1, 0.15) is 17.2 Å². The molecule has 0 aromatic heterocycles. The summed E-state index contributed by atoms with van der Waals surface area (Å²) in [4.78, 5) is 0. The minimum Gasteiger partial charge on any atom is -0.493 e. The molecule has 3 aliphatic rings. The third-order valence-corrected chi connectivity index (χ3v) is 5.92. The molecule has 0 unspecified atom stereocenters. The van der Waals surface area contributed by atoms with Crippen molar-refractivity contribution in [2.45, 2.75) is 12.5 Å². The van der Waals surface area contributed by atoms with Crippen LogP contribution in [-0.4, -0.2) is 46.1 Å². The van der Waals surface area contributed by atoms with Crippen LogP contribution in [0.25, 0.3) is 0 Å². The summed E-state index contributed by atoms with van der Waals surface area (Å²) in [6.45, 7) is 0.894. The third-order valence-electron chi connectivity index (χ3n) is 5.92. The van der Waals surface area contributed by atoms with Crippen molar-refractivity contribution in [2.75, 3.05) is 41.0 Å². The van der Waals surface area contributed by atoms with E-state index >= 15 is 0 Å². The molecule has 0 bridgehead atoms. The lowest BCUT2D eigenvalue weighted by Crippen LogP contribution is -2.21. The van der Waals surface area contributed by atoms with Gasteiger partial charge in [-0.1, -0.05) is 0 Å². The van der Waals surface area contributed by atoms with Crippen molar-refractivity contribution in [3.8, 4) is 34.5 Å². The van der Waals surface area contributed by atoms with Crippen LogP contribution in [-0.2, 0) is 11.2 Å². The molecule has 3 aliphatic heterocycles. The Labute approximate surface area is 174 Å². The number of rotatable bonds is 6. The number of ether oxygens (including phenoxy) is 7. The van der Waals surface area contributed by atoms with Crippen molar-refractivity contribution in [2.24, 2.45) is 11.8 Å². The standard InChI is InChI=1S/C22H24O8/c1-24-16-4-12(5-18-21(16)29-10-27-18)3-14-9-26-20(15(14)8-23)13-6-17(25-2)22-19(7-13)28-11-30-22/h4-7,14-15,20,23H,3,8-11H2,1-2H3/t14-,15-,20+/m0/s1. The highest BCUT2D eigenvalue weighted by Gasteiger charge is 2.39. The second kappa shape index (κ2) is 7.77. The van der Waals surface area contributed by atoms with Gasteiger partial charge in [0.25, 0.3) is 0 Å². The van der Waals surface area contributed by atoms with Crippen LogP contribution in [0.5, 0.6) is 34.5 Å². The molecule has 8 heteroatoms. The van der Waals surface area contributed by atoms with Crippen molar-refractivity contribution < 1.29 is 38.3 Å². The summed E-state index contributed by atoms with van der Waals surface area (Å²) in [6, 6.07) is 7.73. The summed E-state index contributed by atoms with van der Waals surface area (Å²) >= 11 is 0. The van der Waals surface area contributed by atoms with E-state index in [4.69, 9.17) is 33.2 Å². The van der Waals surface area contributed by atoms with Gasteiger partial charge < -0.3 is 38.3 Å². The SMILES string of the molecule is COc1cc(C[C@H]2CO[C@H](c3cc(OC)c4c(c3)OCO4)[C@H]2CO)cc2c1OCO2. The fourth-order valence-electron chi connectivity index (χ4n) is 4.44. The molecule has 30 heavy (non-hydrogen) atoms. The zero-order chi connectivity index (χ0) is 20.7. The third kappa shape index (κ3) is 3.16. The van der Waals surface area contributed by atoms with Gasteiger partial charge in [-0.3, -0.25) is 0 Å². The van der Waals surface area contributed by atoms with Gasteiger partial charge in [0.2, 0.25) is 25.1 Å². The molecule has 1 N–H and O–H groups in total. The Kier molecular flexibility index (Phi) is 4.96. The van der Waals surface area contributed by atoms with Crippen LogP contribution in [0.15, 0.2) is 24.3 Å². The summed E-state index contributed by atoms with van der Waals surface area (Å²) in [5, 5.41) is 10.2. The topological polar surface area (TPSA) is 84.8 Å². The van der Waals surface area contributed by atoms with Crippen molar-refractivity contribution in [1.29, 1.82) is 0 Å². The van der Waals surface area contributed by atoms with Crippen LogP contribution in [0, 0.1) is 11.8 Å². The second-order valence-electron chi connectivity index (χ2n) is 7.55. The monoisotopic (exact) mass is 416 g/mol. The number of fused-ring (bicyclic) bond motifs is 2. The largest absolute Gasteiger partial charge is 0.493 e. The van der Waals surface area contributed by atoms with Gasteiger partial charge in [-0.2, -0.15) is 0 Å². The number of hydrogen-bond donors (Lipinski definition) is 1.